The molecule has 0 spiro atoms. The summed E-state index contributed by atoms with van der Waals surface area (Å²) in [5, 5.41) is 9.83. The molecule has 2 aromatic carbocycles. The van der Waals surface area contributed by atoms with Gasteiger partial charge in [-0.1, -0.05) is 12.1 Å². The Balaban J connectivity index is 1.64. The van der Waals surface area contributed by atoms with Gasteiger partial charge in [0.25, 0.3) is 0 Å². The number of phenolic OH excluding ortho intramolecular Hbond substituents is 1. The van der Waals surface area contributed by atoms with Crippen molar-refractivity contribution in [1.82, 2.24) is 14.9 Å². The summed E-state index contributed by atoms with van der Waals surface area (Å²) in [7, 11) is 1.58. The maximum atomic E-state index is 14.2. The minimum atomic E-state index is -0.241. The molecule has 4 rings (SSSR count). The SMILES string of the molecule is COc1ccc(F)c(CN2Cc3[nH]cnc3C(c3cccc(O)c3)C2)c1. The number of rotatable bonds is 4. The smallest absolute Gasteiger partial charge is 0.127 e. The molecule has 0 saturated carbocycles. The number of nitrogens with zero attached hydrogens (tertiary/aromatic N) is 2. The second-order valence-corrected chi connectivity index (χ2v) is 6.54. The molecular weight excluding hydrogens is 333 g/mol. The summed E-state index contributed by atoms with van der Waals surface area (Å²) in [5.41, 5.74) is 3.60. The Labute approximate surface area is 151 Å². The largest absolute Gasteiger partial charge is 0.508 e. The number of fused-ring (bicyclic) bond motifs is 1. The van der Waals surface area contributed by atoms with E-state index in [1.54, 1.807) is 37.7 Å². The summed E-state index contributed by atoms with van der Waals surface area (Å²) in [6, 6.07) is 12.0. The molecule has 1 aliphatic heterocycles. The second kappa shape index (κ2) is 6.80. The standard InChI is InChI=1S/C20H20FN3O2/c1-26-16-5-6-18(21)14(8-16)9-24-10-17(13-3-2-4-15(25)7-13)20-19(11-24)22-12-23-20/h2-8,12,17,25H,9-11H2,1H3,(H,22,23). The van der Waals surface area contributed by atoms with E-state index < -0.39 is 0 Å². The Kier molecular flexibility index (Phi) is 4.34. The first-order valence-corrected chi connectivity index (χ1v) is 8.50. The summed E-state index contributed by atoms with van der Waals surface area (Å²) in [6.07, 6.45) is 1.69. The van der Waals surface area contributed by atoms with Gasteiger partial charge in [-0.05, 0) is 35.9 Å². The summed E-state index contributed by atoms with van der Waals surface area (Å²) in [4.78, 5) is 9.84. The van der Waals surface area contributed by atoms with Gasteiger partial charge in [-0.3, -0.25) is 4.90 Å². The van der Waals surface area contributed by atoms with Crippen LogP contribution in [0.25, 0.3) is 0 Å². The highest BCUT2D eigenvalue weighted by molar-refractivity contribution is 5.38. The van der Waals surface area contributed by atoms with E-state index in [4.69, 9.17) is 4.74 Å². The van der Waals surface area contributed by atoms with Crippen LogP contribution in [0.1, 0.15) is 28.4 Å². The molecule has 3 aromatic rings. The molecule has 0 aliphatic carbocycles. The minimum absolute atomic E-state index is 0.0192. The number of imidazole rings is 1. The first kappa shape index (κ1) is 16.6. The summed E-state index contributed by atoms with van der Waals surface area (Å²) >= 11 is 0. The second-order valence-electron chi connectivity index (χ2n) is 6.54. The predicted molar refractivity (Wildman–Crippen MR) is 95.6 cm³/mol. The Morgan fingerprint density at radius 2 is 2.19 bits per heavy atom. The van der Waals surface area contributed by atoms with E-state index in [-0.39, 0.29) is 17.5 Å². The molecule has 2 heterocycles. The molecule has 1 aliphatic rings. The van der Waals surface area contributed by atoms with Gasteiger partial charge >= 0.3 is 0 Å². The lowest BCUT2D eigenvalue weighted by atomic mass is 9.90. The molecule has 0 bridgehead atoms. The molecule has 1 atom stereocenters. The number of aromatic nitrogens is 2. The number of H-pyrrole nitrogens is 1. The predicted octanol–water partition coefficient (Wildman–Crippen LogP) is 3.41. The van der Waals surface area contributed by atoms with Crippen molar-refractivity contribution in [2.75, 3.05) is 13.7 Å². The molecule has 0 amide bonds. The molecule has 0 saturated heterocycles. The van der Waals surface area contributed by atoms with Crippen molar-refractivity contribution in [2.45, 2.75) is 19.0 Å². The van der Waals surface area contributed by atoms with Crippen molar-refractivity contribution in [2.24, 2.45) is 0 Å². The number of hydrogen-bond donors (Lipinski definition) is 2. The van der Waals surface area contributed by atoms with Crippen LogP contribution in [0.3, 0.4) is 0 Å². The zero-order chi connectivity index (χ0) is 18.1. The Bertz CT molecular complexity index is 925. The Morgan fingerprint density at radius 3 is 3.00 bits per heavy atom. The van der Waals surface area contributed by atoms with E-state index in [0.717, 1.165) is 17.0 Å². The van der Waals surface area contributed by atoms with E-state index in [2.05, 4.69) is 14.9 Å². The zero-order valence-corrected chi connectivity index (χ0v) is 14.4. The first-order chi connectivity index (χ1) is 12.6. The molecule has 0 radical (unpaired) electrons. The third-order valence-corrected chi connectivity index (χ3v) is 4.82. The highest BCUT2D eigenvalue weighted by Crippen LogP contribution is 2.33. The Morgan fingerprint density at radius 1 is 1.31 bits per heavy atom. The van der Waals surface area contributed by atoms with E-state index in [1.165, 1.54) is 6.07 Å². The van der Waals surface area contributed by atoms with Gasteiger partial charge in [-0.25, -0.2) is 9.37 Å². The molecule has 6 heteroatoms. The van der Waals surface area contributed by atoms with Crippen LogP contribution in [-0.2, 0) is 13.1 Å². The van der Waals surface area contributed by atoms with E-state index in [1.807, 2.05) is 12.1 Å². The van der Waals surface area contributed by atoms with Crippen molar-refractivity contribution in [3.05, 3.63) is 77.1 Å². The number of hydrogen-bond acceptors (Lipinski definition) is 4. The minimum Gasteiger partial charge on any atom is -0.508 e. The molecule has 26 heavy (non-hydrogen) atoms. The monoisotopic (exact) mass is 353 g/mol. The zero-order valence-electron chi connectivity index (χ0n) is 14.4. The fourth-order valence-electron chi connectivity index (χ4n) is 3.56. The number of benzene rings is 2. The van der Waals surface area contributed by atoms with Gasteiger partial charge in [0.1, 0.15) is 17.3 Å². The number of phenols is 1. The van der Waals surface area contributed by atoms with Gasteiger partial charge in [0.2, 0.25) is 0 Å². The van der Waals surface area contributed by atoms with Gasteiger partial charge < -0.3 is 14.8 Å². The molecule has 134 valence electrons. The van der Waals surface area contributed by atoms with Crippen LogP contribution >= 0.6 is 0 Å². The lowest BCUT2D eigenvalue weighted by Gasteiger charge is -2.32. The first-order valence-electron chi connectivity index (χ1n) is 8.50. The normalized spacial score (nSPS) is 17.1. The highest BCUT2D eigenvalue weighted by Gasteiger charge is 2.29. The topological polar surface area (TPSA) is 61.4 Å². The molecule has 2 N–H and O–H groups in total. The van der Waals surface area contributed by atoms with Crippen LogP contribution in [0.2, 0.25) is 0 Å². The van der Waals surface area contributed by atoms with E-state index in [9.17, 15) is 9.50 Å². The molecule has 1 unspecified atom stereocenters. The Hall–Kier alpha value is -2.86. The quantitative estimate of drug-likeness (QED) is 0.755. The molecule has 5 nitrogen and oxygen atoms in total. The van der Waals surface area contributed by atoms with E-state index in [0.29, 0.717) is 30.9 Å². The van der Waals surface area contributed by atoms with Crippen LogP contribution in [0.4, 0.5) is 4.39 Å². The average molecular weight is 353 g/mol. The van der Waals surface area contributed by atoms with E-state index >= 15 is 0 Å². The maximum Gasteiger partial charge on any atom is 0.127 e. The number of halogens is 1. The van der Waals surface area contributed by atoms with Crippen LogP contribution in [-0.4, -0.2) is 33.6 Å². The van der Waals surface area contributed by atoms with Crippen LogP contribution in [0.15, 0.2) is 48.8 Å². The van der Waals surface area contributed by atoms with Gasteiger partial charge in [-0.2, -0.15) is 0 Å². The van der Waals surface area contributed by atoms with Crippen LogP contribution in [0.5, 0.6) is 11.5 Å². The van der Waals surface area contributed by atoms with Gasteiger partial charge in [0.15, 0.2) is 0 Å². The maximum absolute atomic E-state index is 14.2. The van der Waals surface area contributed by atoms with Crippen molar-refractivity contribution in [3.8, 4) is 11.5 Å². The molecule has 0 fully saturated rings. The summed E-state index contributed by atoms with van der Waals surface area (Å²) < 4.78 is 19.5. The number of ether oxygens (including phenoxy) is 1. The fourth-order valence-corrected chi connectivity index (χ4v) is 3.56. The number of nitrogens with one attached hydrogen (secondary N) is 1. The van der Waals surface area contributed by atoms with Crippen molar-refractivity contribution >= 4 is 0 Å². The van der Waals surface area contributed by atoms with Crippen molar-refractivity contribution < 1.29 is 14.2 Å². The lowest BCUT2D eigenvalue weighted by molar-refractivity contribution is 0.224. The average Bonchev–Trinajstić information content (AvgIpc) is 3.11. The van der Waals surface area contributed by atoms with Crippen LogP contribution < -0.4 is 4.74 Å². The third kappa shape index (κ3) is 3.15. The lowest BCUT2D eigenvalue weighted by Crippen LogP contribution is -2.34. The molecule has 1 aromatic heterocycles. The number of aromatic hydroxyl groups is 1. The third-order valence-electron chi connectivity index (χ3n) is 4.82. The summed E-state index contributed by atoms with van der Waals surface area (Å²) in [5.74, 6) is 0.654. The number of aromatic amines is 1. The fraction of sp³-hybridized carbons (Fsp3) is 0.250. The number of methoxy groups -OCH3 is 1. The van der Waals surface area contributed by atoms with Gasteiger partial charge in [-0.15, -0.1) is 0 Å². The highest BCUT2D eigenvalue weighted by atomic mass is 19.1. The van der Waals surface area contributed by atoms with Crippen molar-refractivity contribution in [1.29, 1.82) is 0 Å². The van der Waals surface area contributed by atoms with Crippen LogP contribution in [0, 0.1) is 5.82 Å². The van der Waals surface area contributed by atoms with Gasteiger partial charge in [0.05, 0.1) is 24.8 Å². The summed E-state index contributed by atoms with van der Waals surface area (Å²) in [6.45, 7) is 1.83. The molecular formula is C20H20FN3O2. The van der Waals surface area contributed by atoms with Crippen molar-refractivity contribution in [3.63, 3.8) is 0 Å². The van der Waals surface area contributed by atoms with Gasteiger partial charge in [0, 0.05) is 31.1 Å².